The van der Waals surface area contributed by atoms with Gasteiger partial charge in [-0.2, -0.15) is 45.6 Å². The Hall–Kier alpha value is -7.15. The van der Waals surface area contributed by atoms with Gasteiger partial charge >= 0.3 is 0 Å². The Balaban J connectivity index is 0.000000251. The second kappa shape index (κ2) is 22.3. The lowest BCUT2D eigenvalue weighted by Gasteiger charge is -2.17. The molecule has 0 atom stereocenters. The molecule has 0 bridgehead atoms. The molecule has 0 aliphatic heterocycles. The molecule has 0 radical (unpaired) electrons. The Morgan fingerprint density at radius 3 is 1.52 bits per heavy atom. The number of nitriles is 2. The van der Waals surface area contributed by atoms with Crippen LogP contribution < -0.4 is 30.1 Å². The van der Waals surface area contributed by atoms with Crippen LogP contribution in [0.2, 0.25) is 10.0 Å². The van der Waals surface area contributed by atoms with E-state index < -0.39 is 75.6 Å². The number of nitrogens with one attached hydrogen (secondary N) is 1. The average molecular weight is 1030 g/mol. The van der Waals surface area contributed by atoms with E-state index >= 15 is 0 Å². The second-order valence-electron chi connectivity index (χ2n) is 14.3. The minimum absolute atomic E-state index is 0.0111. The number of benzene rings is 2. The molecule has 0 aliphatic rings. The highest BCUT2D eigenvalue weighted by Gasteiger charge is 2.35. The first-order valence-corrected chi connectivity index (χ1v) is 20.3. The lowest BCUT2D eigenvalue weighted by atomic mass is 10.2. The van der Waals surface area contributed by atoms with E-state index in [0.717, 1.165) is 30.2 Å². The van der Waals surface area contributed by atoms with Gasteiger partial charge < -0.3 is 23.9 Å². The zero-order chi connectivity index (χ0) is 51.6. The van der Waals surface area contributed by atoms with Gasteiger partial charge in [-0.25, -0.2) is 9.97 Å². The molecule has 4 aromatic heterocycles. The van der Waals surface area contributed by atoms with Crippen molar-refractivity contribution >= 4 is 34.8 Å². The topological polar surface area (TPSA) is 217 Å². The molecule has 0 aliphatic carbocycles. The Morgan fingerprint density at radius 2 is 1.09 bits per heavy atom. The summed E-state index contributed by atoms with van der Waals surface area (Å²) < 4.78 is 130. The molecular weight excluding hydrogens is 999 g/mol. The van der Waals surface area contributed by atoms with Crippen molar-refractivity contribution in [3.8, 4) is 46.9 Å². The molecule has 27 heteroatoms. The van der Waals surface area contributed by atoms with Crippen LogP contribution >= 0.6 is 34.8 Å². The van der Waals surface area contributed by atoms with Gasteiger partial charge in [-0.1, -0.05) is 23.2 Å². The van der Waals surface area contributed by atoms with Crippen LogP contribution in [0.25, 0.3) is 0 Å². The Morgan fingerprint density at radius 1 is 0.638 bits per heavy atom. The molecule has 0 spiro atoms. The third-order valence-electron chi connectivity index (χ3n) is 8.52. The molecular formula is C42H33Cl3F8N10O6. The molecule has 16 nitrogen and oxygen atoms in total. The number of hydrogen-bond acceptors (Lipinski definition) is 14. The lowest BCUT2D eigenvalue weighted by Crippen LogP contribution is -2.27. The minimum Gasteiger partial charge on any atom is -0.480 e. The fourth-order valence-electron chi connectivity index (χ4n) is 5.39. The predicted molar refractivity (Wildman–Crippen MR) is 230 cm³/mol. The Bertz CT molecular complexity index is 3020. The fourth-order valence-corrected chi connectivity index (χ4v) is 6.04. The summed E-state index contributed by atoms with van der Waals surface area (Å²) in [6, 6.07) is 13.5. The van der Waals surface area contributed by atoms with Crippen molar-refractivity contribution in [3.63, 3.8) is 0 Å². The number of H-pyrrole nitrogens is 1. The van der Waals surface area contributed by atoms with Crippen LogP contribution in [0.5, 0.6) is 34.8 Å². The van der Waals surface area contributed by atoms with E-state index in [1.54, 1.807) is 0 Å². The minimum atomic E-state index is -3.57. The third kappa shape index (κ3) is 14.7. The number of alkyl halides is 9. The van der Waals surface area contributed by atoms with Crippen LogP contribution in [-0.4, -0.2) is 54.1 Å². The van der Waals surface area contributed by atoms with Crippen LogP contribution in [0.1, 0.15) is 72.7 Å². The van der Waals surface area contributed by atoms with E-state index in [1.165, 1.54) is 56.7 Å². The molecule has 1 N–H and O–H groups in total. The van der Waals surface area contributed by atoms with Crippen LogP contribution in [-0.2, 0) is 36.1 Å². The van der Waals surface area contributed by atoms with E-state index in [0.29, 0.717) is 26.3 Å². The van der Waals surface area contributed by atoms with Crippen molar-refractivity contribution in [1.82, 2.24) is 39.9 Å². The normalized spacial score (nSPS) is 11.5. The molecule has 0 saturated carbocycles. The fraction of sp³-hybridized carbons (Fsp3) is 0.286. The van der Waals surface area contributed by atoms with Gasteiger partial charge in [0.25, 0.3) is 34.8 Å². The molecule has 4 heterocycles. The molecule has 2 aromatic carbocycles. The number of aromatic amines is 1. The number of hydrogen-bond donors (Lipinski definition) is 1. The van der Waals surface area contributed by atoms with Gasteiger partial charge in [0.2, 0.25) is 23.3 Å². The van der Waals surface area contributed by atoms with Gasteiger partial charge in [-0.3, -0.25) is 14.2 Å². The van der Waals surface area contributed by atoms with Gasteiger partial charge in [0, 0.05) is 48.9 Å². The number of methoxy groups -OCH3 is 2. The maximum atomic E-state index is 14.2. The predicted octanol–water partition coefficient (Wildman–Crippen LogP) is 10.2. The summed E-state index contributed by atoms with van der Waals surface area (Å²) in [5.74, 6) is -14.8. The van der Waals surface area contributed by atoms with Crippen LogP contribution in [0.15, 0.2) is 70.8 Å². The number of rotatable bonds is 13. The summed E-state index contributed by atoms with van der Waals surface area (Å²) >= 11 is 17.2. The summed E-state index contributed by atoms with van der Waals surface area (Å²) in [7, 11) is 2.60. The number of halogens is 11. The highest BCUT2D eigenvalue weighted by molar-refractivity contribution is 6.31. The van der Waals surface area contributed by atoms with E-state index in [4.69, 9.17) is 64.3 Å². The average Bonchev–Trinajstić information content (AvgIpc) is 3.26. The van der Waals surface area contributed by atoms with Crippen molar-refractivity contribution in [1.29, 1.82) is 10.5 Å². The van der Waals surface area contributed by atoms with Crippen molar-refractivity contribution < 1.29 is 54.1 Å². The SMILES string of the molecule is CC(F)(F)c1nc[nH]c(=O)c1Oc1cc(Cl)cc(C#N)c1.COc1nnc(C(C)(F)F)cc1CCl.COc1nnc(C(C)(F)F)cc1Cn1cnc(C(C)(F)F)c(Oc2cc(Cl)cc(C#N)c2)c1=O. The Kier molecular flexibility index (Phi) is 17.6. The van der Waals surface area contributed by atoms with E-state index in [9.17, 15) is 44.7 Å². The van der Waals surface area contributed by atoms with Gasteiger partial charge in [0.1, 0.15) is 22.9 Å². The zero-order valence-electron chi connectivity index (χ0n) is 36.3. The number of ether oxygens (including phenoxy) is 4. The third-order valence-corrected chi connectivity index (χ3v) is 9.24. The van der Waals surface area contributed by atoms with Gasteiger partial charge in [0.05, 0.1) is 62.6 Å². The summed E-state index contributed by atoms with van der Waals surface area (Å²) in [6.07, 6.45) is 1.69. The van der Waals surface area contributed by atoms with Crippen molar-refractivity contribution in [2.45, 2.75) is 63.8 Å². The van der Waals surface area contributed by atoms with E-state index in [-0.39, 0.29) is 55.9 Å². The summed E-state index contributed by atoms with van der Waals surface area (Å²) in [6.45, 7) is 2.07. The standard InChI is InChI=1S/C21H16ClF4N5O3.C13H8ClF2N3O2.C8H9ClF2N2O/c1-20(23,24)15-6-12(18(33-3)30-29-15)9-31-10-28-17(21(2,25)26)16(19(31)32)34-14-5-11(8-27)4-13(22)7-14;1-13(15,16)11-10(12(20)19-6-18-11)21-9-3-7(5-17)2-8(14)4-9;1-8(10,11)6-3-5(4-9)7(14-2)13-12-6/h4-7,10H,9H2,1-3H3;2-4,6H,1H3,(H,18,19,20);3H,4H2,1-2H3. The molecule has 0 amide bonds. The highest BCUT2D eigenvalue weighted by atomic mass is 35.5. The zero-order valence-corrected chi connectivity index (χ0v) is 38.6. The van der Waals surface area contributed by atoms with Crippen molar-refractivity contribution in [3.05, 3.63) is 137 Å². The maximum Gasteiger partial charge on any atom is 0.297 e. The van der Waals surface area contributed by atoms with Gasteiger partial charge in [-0.15, -0.1) is 32.0 Å². The summed E-state index contributed by atoms with van der Waals surface area (Å²) in [5.41, 5.74) is -4.10. The van der Waals surface area contributed by atoms with Crippen molar-refractivity contribution in [2.75, 3.05) is 14.2 Å². The molecule has 0 saturated heterocycles. The first-order chi connectivity index (χ1) is 32.1. The summed E-state index contributed by atoms with van der Waals surface area (Å²) in [5, 5.41) is 32.0. The summed E-state index contributed by atoms with van der Waals surface area (Å²) in [4.78, 5) is 34.0. The molecule has 6 rings (SSSR count). The molecule has 0 unspecified atom stereocenters. The Labute approximate surface area is 400 Å². The molecule has 364 valence electrons. The smallest absolute Gasteiger partial charge is 0.297 e. The monoisotopic (exact) mass is 1030 g/mol. The maximum absolute atomic E-state index is 14.2. The van der Waals surface area contributed by atoms with Crippen LogP contribution in [0.4, 0.5) is 35.1 Å². The number of aromatic nitrogens is 8. The quantitative estimate of drug-likeness (QED) is 0.0841. The van der Waals surface area contributed by atoms with Crippen molar-refractivity contribution in [2.24, 2.45) is 0 Å². The van der Waals surface area contributed by atoms with Crippen LogP contribution in [0.3, 0.4) is 0 Å². The molecule has 69 heavy (non-hydrogen) atoms. The number of nitrogens with zero attached hydrogens (tertiary/aromatic N) is 9. The molecule has 6 aromatic rings. The molecule has 0 fully saturated rings. The van der Waals surface area contributed by atoms with Gasteiger partial charge in [0.15, 0.2) is 11.4 Å². The highest BCUT2D eigenvalue weighted by Crippen LogP contribution is 2.36. The van der Waals surface area contributed by atoms with E-state index in [1.807, 2.05) is 12.1 Å². The first kappa shape index (κ1) is 54.5. The largest absolute Gasteiger partial charge is 0.480 e. The van der Waals surface area contributed by atoms with Gasteiger partial charge in [-0.05, 0) is 48.5 Å². The second-order valence-corrected chi connectivity index (χ2v) is 15.4. The van der Waals surface area contributed by atoms with E-state index in [2.05, 4.69) is 35.3 Å². The lowest BCUT2D eigenvalue weighted by molar-refractivity contribution is 0.00943. The van der Waals surface area contributed by atoms with Crippen LogP contribution in [0, 0.1) is 22.7 Å². The first-order valence-electron chi connectivity index (χ1n) is 19.0.